The Morgan fingerprint density at radius 2 is 1.76 bits per heavy atom. The standard InChI is InChI=1S/C26H31ClN4O3/c1-30(22-12-10-20(27)11-13-22)17-21(16-19-8-4-2-5-9-19)28-23(32)18-31-24(33)26(29-25(31)34)14-6-3-7-15-26/h2,4-5,8-13,21H,3,6-7,14-18H2,1H3,(H,28,32)(H,29,34)/t21-/m0/s1. The second-order valence-electron chi connectivity index (χ2n) is 9.28. The summed E-state index contributed by atoms with van der Waals surface area (Å²) in [4.78, 5) is 41.7. The van der Waals surface area contributed by atoms with E-state index in [4.69, 9.17) is 11.6 Å². The highest BCUT2D eigenvalue weighted by Gasteiger charge is 2.51. The van der Waals surface area contributed by atoms with Crippen LogP contribution in [0, 0.1) is 0 Å². The van der Waals surface area contributed by atoms with Gasteiger partial charge in [-0.15, -0.1) is 0 Å². The molecule has 1 heterocycles. The van der Waals surface area contributed by atoms with Crippen molar-refractivity contribution in [2.75, 3.05) is 25.0 Å². The van der Waals surface area contributed by atoms with Crippen LogP contribution in [-0.2, 0) is 16.0 Å². The highest BCUT2D eigenvalue weighted by molar-refractivity contribution is 6.30. The van der Waals surface area contributed by atoms with Gasteiger partial charge in [0.05, 0.1) is 6.04 Å². The molecule has 0 bridgehead atoms. The van der Waals surface area contributed by atoms with Crippen LogP contribution in [0.2, 0.25) is 5.02 Å². The van der Waals surface area contributed by atoms with Gasteiger partial charge in [-0.2, -0.15) is 0 Å². The smallest absolute Gasteiger partial charge is 0.325 e. The third kappa shape index (κ3) is 5.53. The Bertz CT molecular complexity index is 1020. The molecule has 1 aliphatic carbocycles. The lowest BCUT2D eigenvalue weighted by atomic mass is 9.82. The first kappa shape index (κ1) is 24.1. The van der Waals surface area contributed by atoms with Crippen molar-refractivity contribution in [1.82, 2.24) is 15.5 Å². The van der Waals surface area contributed by atoms with Crippen LogP contribution in [0.1, 0.15) is 37.7 Å². The Hall–Kier alpha value is -3.06. The monoisotopic (exact) mass is 482 g/mol. The second kappa shape index (κ2) is 10.5. The van der Waals surface area contributed by atoms with Gasteiger partial charge in [-0.1, -0.05) is 61.2 Å². The van der Waals surface area contributed by atoms with Gasteiger partial charge in [0, 0.05) is 24.3 Å². The lowest BCUT2D eigenvalue weighted by molar-refractivity contribution is -0.136. The summed E-state index contributed by atoms with van der Waals surface area (Å²) in [7, 11) is 1.96. The molecule has 0 aromatic heterocycles. The number of hydrogen-bond donors (Lipinski definition) is 2. The van der Waals surface area contributed by atoms with Crippen LogP contribution in [0.15, 0.2) is 54.6 Å². The Morgan fingerprint density at radius 1 is 1.09 bits per heavy atom. The van der Waals surface area contributed by atoms with Gasteiger partial charge >= 0.3 is 6.03 Å². The van der Waals surface area contributed by atoms with Crippen LogP contribution < -0.4 is 15.5 Å². The number of nitrogens with one attached hydrogen (secondary N) is 2. The predicted molar refractivity (Wildman–Crippen MR) is 133 cm³/mol. The van der Waals surface area contributed by atoms with Gasteiger partial charge in [0.15, 0.2) is 0 Å². The zero-order valence-electron chi connectivity index (χ0n) is 19.4. The Labute approximate surface area is 205 Å². The fraction of sp³-hybridized carbons (Fsp3) is 0.423. The molecule has 4 amide bonds. The molecule has 2 aromatic carbocycles. The first-order valence-corrected chi connectivity index (χ1v) is 12.2. The number of rotatable bonds is 8. The third-order valence-electron chi connectivity index (χ3n) is 6.71. The molecule has 2 aliphatic rings. The van der Waals surface area contributed by atoms with E-state index in [1.807, 2.05) is 61.6 Å². The van der Waals surface area contributed by atoms with Crippen LogP contribution in [-0.4, -0.2) is 54.5 Å². The summed E-state index contributed by atoms with van der Waals surface area (Å²) in [6, 6.07) is 16.8. The lowest BCUT2D eigenvalue weighted by Crippen LogP contribution is -2.50. The molecule has 2 aromatic rings. The van der Waals surface area contributed by atoms with Crippen molar-refractivity contribution < 1.29 is 14.4 Å². The molecular formula is C26H31ClN4O3. The Kier molecular flexibility index (Phi) is 7.41. The molecule has 2 N–H and O–H groups in total. The van der Waals surface area contributed by atoms with Gasteiger partial charge in [0.25, 0.3) is 5.91 Å². The Morgan fingerprint density at radius 3 is 2.44 bits per heavy atom. The van der Waals surface area contributed by atoms with E-state index in [2.05, 4.69) is 15.5 Å². The summed E-state index contributed by atoms with van der Waals surface area (Å²) in [5.74, 6) is -0.618. The average Bonchev–Trinajstić information content (AvgIpc) is 3.04. The fourth-order valence-corrected chi connectivity index (χ4v) is 5.05. The summed E-state index contributed by atoms with van der Waals surface area (Å²) in [6.45, 7) is 0.273. The number of halogens is 1. The van der Waals surface area contributed by atoms with Crippen molar-refractivity contribution >= 4 is 35.1 Å². The number of urea groups is 1. The highest BCUT2D eigenvalue weighted by Crippen LogP contribution is 2.33. The van der Waals surface area contributed by atoms with Crippen LogP contribution >= 0.6 is 11.6 Å². The van der Waals surface area contributed by atoms with Crippen molar-refractivity contribution in [3.05, 3.63) is 65.2 Å². The van der Waals surface area contributed by atoms with Crippen LogP contribution in [0.5, 0.6) is 0 Å². The molecule has 1 saturated carbocycles. The number of hydrogen-bond acceptors (Lipinski definition) is 4. The molecule has 1 spiro atoms. The quantitative estimate of drug-likeness (QED) is 0.561. The van der Waals surface area contributed by atoms with E-state index in [0.29, 0.717) is 30.8 Å². The SMILES string of the molecule is CN(C[C@H](Cc1ccccc1)NC(=O)CN1C(=O)NC2(CCCCC2)C1=O)c1ccc(Cl)cc1. The normalized spacial score (nSPS) is 18.0. The summed E-state index contributed by atoms with van der Waals surface area (Å²) < 4.78 is 0. The minimum absolute atomic E-state index is 0.222. The average molecular weight is 483 g/mol. The number of carbonyl (C=O) groups is 3. The number of likely N-dealkylation sites (N-methyl/N-ethyl adjacent to an activating group) is 1. The van der Waals surface area contributed by atoms with Gasteiger partial charge in [-0.3, -0.25) is 14.5 Å². The lowest BCUT2D eigenvalue weighted by Gasteiger charge is -2.30. The summed E-state index contributed by atoms with van der Waals surface area (Å²) >= 11 is 6.02. The van der Waals surface area contributed by atoms with Gasteiger partial charge in [0.1, 0.15) is 12.1 Å². The number of amides is 4. The zero-order valence-corrected chi connectivity index (χ0v) is 20.2. The summed E-state index contributed by atoms with van der Waals surface area (Å²) in [6.07, 6.45) is 4.77. The summed E-state index contributed by atoms with van der Waals surface area (Å²) in [5, 5.41) is 6.58. The maximum absolute atomic E-state index is 13.0. The molecule has 1 saturated heterocycles. The van der Waals surface area contributed by atoms with Crippen molar-refractivity contribution in [3.8, 4) is 0 Å². The van der Waals surface area contributed by atoms with Crippen LogP contribution in [0.25, 0.3) is 0 Å². The fourth-order valence-electron chi connectivity index (χ4n) is 4.92. The molecule has 7 nitrogen and oxygen atoms in total. The molecule has 180 valence electrons. The van der Waals surface area contributed by atoms with Gasteiger partial charge in [-0.05, 0) is 49.1 Å². The van der Waals surface area contributed by atoms with E-state index in [0.717, 1.165) is 35.4 Å². The molecule has 34 heavy (non-hydrogen) atoms. The second-order valence-corrected chi connectivity index (χ2v) is 9.71. The van der Waals surface area contributed by atoms with Crippen molar-refractivity contribution in [1.29, 1.82) is 0 Å². The number of carbonyl (C=O) groups excluding carboxylic acids is 3. The van der Waals surface area contributed by atoms with Gasteiger partial charge in [0.2, 0.25) is 5.91 Å². The maximum atomic E-state index is 13.0. The Balaban J connectivity index is 1.43. The molecule has 1 aliphatic heterocycles. The number of benzene rings is 2. The van der Waals surface area contributed by atoms with Crippen molar-refractivity contribution in [2.45, 2.75) is 50.1 Å². The van der Waals surface area contributed by atoms with Gasteiger partial charge < -0.3 is 15.5 Å². The first-order chi connectivity index (χ1) is 16.4. The molecule has 1 atom stereocenters. The molecule has 0 radical (unpaired) electrons. The zero-order chi connectivity index (χ0) is 24.1. The largest absolute Gasteiger partial charge is 0.373 e. The van der Waals surface area contributed by atoms with E-state index in [1.54, 1.807) is 0 Å². The maximum Gasteiger partial charge on any atom is 0.325 e. The minimum Gasteiger partial charge on any atom is -0.373 e. The minimum atomic E-state index is -0.826. The molecular weight excluding hydrogens is 452 g/mol. The molecule has 4 rings (SSSR count). The number of imide groups is 1. The van der Waals surface area contributed by atoms with Crippen LogP contribution in [0.4, 0.5) is 10.5 Å². The highest BCUT2D eigenvalue weighted by atomic mass is 35.5. The van der Waals surface area contributed by atoms with Crippen molar-refractivity contribution in [3.63, 3.8) is 0 Å². The molecule has 0 unspecified atom stereocenters. The topological polar surface area (TPSA) is 81.8 Å². The summed E-state index contributed by atoms with van der Waals surface area (Å²) in [5.41, 5.74) is 1.24. The predicted octanol–water partition coefficient (Wildman–Crippen LogP) is 3.76. The van der Waals surface area contributed by atoms with Crippen LogP contribution in [0.3, 0.4) is 0 Å². The van der Waals surface area contributed by atoms with E-state index in [9.17, 15) is 14.4 Å². The third-order valence-corrected chi connectivity index (χ3v) is 6.96. The van der Waals surface area contributed by atoms with E-state index < -0.39 is 11.6 Å². The van der Waals surface area contributed by atoms with E-state index in [-0.39, 0.29) is 24.4 Å². The van der Waals surface area contributed by atoms with Gasteiger partial charge in [-0.25, -0.2) is 4.79 Å². The molecule has 8 heteroatoms. The van der Waals surface area contributed by atoms with E-state index in [1.165, 1.54) is 0 Å². The molecule has 2 fully saturated rings. The number of anilines is 1. The first-order valence-electron chi connectivity index (χ1n) is 11.8. The number of nitrogens with zero attached hydrogens (tertiary/aromatic N) is 2. The van der Waals surface area contributed by atoms with Crippen molar-refractivity contribution in [2.24, 2.45) is 0 Å². The van der Waals surface area contributed by atoms with E-state index >= 15 is 0 Å².